The van der Waals surface area contributed by atoms with E-state index in [2.05, 4.69) is 9.71 Å². The molecule has 9 nitrogen and oxygen atoms in total. The van der Waals surface area contributed by atoms with Gasteiger partial charge < -0.3 is 19.9 Å². The van der Waals surface area contributed by atoms with Crippen LogP contribution in [0.5, 0.6) is 17.2 Å². The Morgan fingerprint density at radius 2 is 1.90 bits per heavy atom. The van der Waals surface area contributed by atoms with Crippen LogP contribution in [0.15, 0.2) is 58.6 Å². The second-order valence-corrected chi connectivity index (χ2v) is 7.65. The first-order valence-corrected chi connectivity index (χ1v) is 9.78. The third-order valence-electron chi connectivity index (χ3n) is 4.19. The number of carbonyl (C=O) groups excluding carboxylic acids is 1. The topological polar surface area (TPSA) is 118 Å². The smallest absolute Gasteiger partial charge is 0.345 e. The fourth-order valence-electron chi connectivity index (χ4n) is 2.69. The fourth-order valence-corrected chi connectivity index (χ4v) is 3.59. The van der Waals surface area contributed by atoms with Gasteiger partial charge >= 0.3 is 10.2 Å². The van der Waals surface area contributed by atoms with Crippen LogP contribution in [-0.4, -0.2) is 50.7 Å². The van der Waals surface area contributed by atoms with Gasteiger partial charge in [0.1, 0.15) is 22.9 Å². The number of hydrogen-bond acceptors (Lipinski definition) is 6. The summed E-state index contributed by atoms with van der Waals surface area (Å²) in [6, 6.07) is 10.7. The van der Waals surface area contributed by atoms with E-state index in [0.717, 1.165) is 4.31 Å². The normalized spacial score (nSPS) is 15.2. The highest BCUT2D eigenvalue weighted by atomic mass is 32.2. The molecule has 1 aliphatic heterocycles. The van der Waals surface area contributed by atoms with E-state index in [1.165, 1.54) is 39.5 Å². The van der Waals surface area contributed by atoms with Gasteiger partial charge in [0, 0.05) is 24.4 Å². The van der Waals surface area contributed by atoms with Gasteiger partial charge in [0.2, 0.25) is 0 Å². The highest BCUT2D eigenvalue weighted by Gasteiger charge is 2.31. The zero-order chi connectivity index (χ0) is 21.2. The molecule has 0 fully saturated rings. The van der Waals surface area contributed by atoms with Crippen molar-refractivity contribution in [3.63, 3.8) is 0 Å². The van der Waals surface area contributed by atoms with Crippen molar-refractivity contribution in [2.45, 2.75) is 0 Å². The van der Waals surface area contributed by atoms with Crippen LogP contribution < -0.4 is 14.8 Å². The van der Waals surface area contributed by atoms with Crippen molar-refractivity contribution in [3.05, 3.63) is 59.8 Å². The van der Waals surface area contributed by atoms with E-state index >= 15 is 0 Å². The third kappa shape index (κ3) is 4.16. The number of amides is 1. The van der Waals surface area contributed by atoms with E-state index in [-0.39, 0.29) is 17.2 Å². The predicted octanol–water partition coefficient (Wildman–Crippen LogP) is 1.91. The summed E-state index contributed by atoms with van der Waals surface area (Å²) in [6.45, 7) is 0. The second-order valence-electron chi connectivity index (χ2n) is 6.02. The van der Waals surface area contributed by atoms with Crippen LogP contribution in [0.2, 0.25) is 0 Å². The van der Waals surface area contributed by atoms with Crippen molar-refractivity contribution >= 4 is 27.5 Å². The standard InChI is InChI=1S/C19H19N3O6S/c1-22-17(19(24)20-12-5-4-6-13(23)9-12)11-16(21-29(22,25)26)15-10-14(27-2)7-8-18(15)28-3/h4-11,23H,1-3H3,(H,20,24). The quantitative estimate of drug-likeness (QED) is 0.767. The van der Waals surface area contributed by atoms with Gasteiger partial charge in [0.15, 0.2) is 0 Å². The number of hydrogen-bond donors (Lipinski definition) is 2. The maximum Gasteiger partial charge on any atom is 0.345 e. The number of allylic oxidation sites excluding steroid dienone is 1. The molecule has 0 saturated heterocycles. The van der Waals surface area contributed by atoms with Crippen LogP contribution >= 0.6 is 0 Å². The summed E-state index contributed by atoms with van der Waals surface area (Å²) in [5.74, 6) is 0.119. The summed E-state index contributed by atoms with van der Waals surface area (Å²) in [5, 5.41) is 12.1. The summed E-state index contributed by atoms with van der Waals surface area (Å²) in [5.41, 5.74) is 0.541. The third-order valence-corrected chi connectivity index (χ3v) is 5.51. The lowest BCUT2D eigenvalue weighted by atomic mass is 10.1. The summed E-state index contributed by atoms with van der Waals surface area (Å²) in [7, 11) is -0.00907. The van der Waals surface area contributed by atoms with Gasteiger partial charge in [0.05, 0.1) is 19.9 Å². The molecule has 0 atom stereocenters. The van der Waals surface area contributed by atoms with E-state index in [0.29, 0.717) is 22.7 Å². The summed E-state index contributed by atoms with van der Waals surface area (Å²) >= 11 is 0. The van der Waals surface area contributed by atoms with Crippen molar-refractivity contribution in [2.24, 2.45) is 4.40 Å². The second kappa shape index (κ2) is 7.84. The molecule has 2 aromatic rings. The Morgan fingerprint density at radius 3 is 2.55 bits per heavy atom. The van der Waals surface area contributed by atoms with Gasteiger partial charge in [-0.3, -0.25) is 4.79 Å². The number of methoxy groups -OCH3 is 2. The Labute approximate surface area is 168 Å². The summed E-state index contributed by atoms with van der Waals surface area (Å²) in [6.07, 6.45) is 1.34. The maximum absolute atomic E-state index is 12.8. The fraction of sp³-hybridized carbons (Fsp3) is 0.158. The Balaban J connectivity index is 2.05. The van der Waals surface area contributed by atoms with Gasteiger partial charge in [-0.1, -0.05) is 6.07 Å². The zero-order valence-corrected chi connectivity index (χ0v) is 16.7. The van der Waals surface area contributed by atoms with Crippen LogP contribution in [0.25, 0.3) is 0 Å². The van der Waals surface area contributed by atoms with E-state index < -0.39 is 16.1 Å². The molecule has 2 aromatic carbocycles. The number of likely N-dealkylation sites (N-methyl/N-ethyl adjacent to an activating group) is 1. The number of phenols is 1. The number of anilines is 1. The van der Waals surface area contributed by atoms with Crippen LogP contribution in [0, 0.1) is 0 Å². The highest BCUT2D eigenvalue weighted by molar-refractivity contribution is 7.88. The lowest BCUT2D eigenvalue weighted by Crippen LogP contribution is -2.35. The highest BCUT2D eigenvalue weighted by Crippen LogP contribution is 2.29. The number of carbonyl (C=O) groups is 1. The molecule has 0 aliphatic carbocycles. The minimum absolute atomic E-state index is 0.0277. The number of rotatable bonds is 5. The molecule has 0 saturated carbocycles. The summed E-state index contributed by atoms with van der Waals surface area (Å²) in [4.78, 5) is 12.8. The minimum atomic E-state index is -4.15. The molecule has 0 aromatic heterocycles. The molecule has 29 heavy (non-hydrogen) atoms. The number of ether oxygens (including phenoxy) is 2. The number of nitrogens with zero attached hydrogens (tertiary/aromatic N) is 2. The van der Waals surface area contributed by atoms with Crippen molar-refractivity contribution in [1.29, 1.82) is 0 Å². The number of benzene rings is 2. The molecular formula is C19H19N3O6S. The van der Waals surface area contributed by atoms with E-state index in [1.54, 1.807) is 30.3 Å². The van der Waals surface area contributed by atoms with Gasteiger partial charge in [0.25, 0.3) is 5.91 Å². The Morgan fingerprint density at radius 1 is 1.14 bits per heavy atom. The van der Waals surface area contributed by atoms with Gasteiger partial charge in [-0.15, -0.1) is 4.40 Å². The molecule has 1 amide bonds. The van der Waals surface area contributed by atoms with Gasteiger partial charge in [-0.2, -0.15) is 8.42 Å². The Hall–Kier alpha value is -3.53. The largest absolute Gasteiger partial charge is 0.508 e. The number of phenolic OH excluding ortho intramolecular Hbond substituents is 1. The first-order valence-electron chi connectivity index (χ1n) is 8.38. The van der Waals surface area contributed by atoms with Crippen LogP contribution in [0.4, 0.5) is 5.69 Å². The van der Waals surface area contributed by atoms with E-state index in [4.69, 9.17) is 9.47 Å². The molecule has 0 bridgehead atoms. The minimum Gasteiger partial charge on any atom is -0.508 e. The summed E-state index contributed by atoms with van der Waals surface area (Å²) < 4.78 is 40.1. The van der Waals surface area contributed by atoms with Crippen LogP contribution in [-0.2, 0) is 15.0 Å². The SMILES string of the molecule is COc1ccc(OC)c(C2=NS(=O)(=O)N(C)C(C(=O)Nc3cccc(O)c3)=C2)c1. The average Bonchev–Trinajstić information content (AvgIpc) is 2.69. The Bertz CT molecular complexity index is 1120. The van der Waals surface area contributed by atoms with E-state index in [9.17, 15) is 18.3 Å². The molecule has 152 valence electrons. The van der Waals surface area contributed by atoms with Crippen molar-refractivity contribution in [2.75, 3.05) is 26.6 Å². The molecule has 0 spiro atoms. The average molecular weight is 417 g/mol. The lowest BCUT2D eigenvalue weighted by Gasteiger charge is -2.24. The number of nitrogens with one attached hydrogen (secondary N) is 1. The molecule has 1 aliphatic rings. The van der Waals surface area contributed by atoms with Gasteiger partial charge in [-0.05, 0) is 36.4 Å². The van der Waals surface area contributed by atoms with Crippen LogP contribution in [0.1, 0.15) is 5.56 Å². The molecular weight excluding hydrogens is 398 g/mol. The number of aromatic hydroxyl groups is 1. The predicted molar refractivity (Wildman–Crippen MR) is 108 cm³/mol. The van der Waals surface area contributed by atoms with Crippen molar-refractivity contribution in [1.82, 2.24) is 4.31 Å². The molecule has 2 N–H and O–H groups in total. The maximum atomic E-state index is 12.8. The molecule has 1 heterocycles. The monoisotopic (exact) mass is 417 g/mol. The van der Waals surface area contributed by atoms with Crippen molar-refractivity contribution in [3.8, 4) is 17.2 Å². The Kier molecular flexibility index (Phi) is 5.46. The van der Waals surface area contributed by atoms with E-state index in [1.807, 2.05) is 0 Å². The lowest BCUT2D eigenvalue weighted by molar-refractivity contribution is -0.113. The molecule has 0 radical (unpaired) electrons. The van der Waals surface area contributed by atoms with Crippen LogP contribution in [0.3, 0.4) is 0 Å². The first kappa shape index (κ1) is 20.2. The molecule has 3 rings (SSSR count). The van der Waals surface area contributed by atoms with Gasteiger partial charge in [-0.25, -0.2) is 4.31 Å². The molecule has 10 heteroatoms. The first-order chi connectivity index (χ1) is 13.7. The zero-order valence-electron chi connectivity index (χ0n) is 15.9. The molecule has 0 unspecified atom stereocenters. The van der Waals surface area contributed by atoms with Crippen molar-refractivity contribution < 1.29 is 27.8 Å².